The van der Waals surface area contributed by atoms with Crippen molar-refractivity contribution in [2.75, 3.05) is 11.5 Å². The van der Waals surface area contributed by atoms with Crippen molar-refractivity contribution in [3.63, 3.8) is 0 Å². The van der Waals surface area contributed by atoms with Gasteiger partial charge in [-0.3, -0.25) is 4.68 Å². The van der Waals surface area contributed by atoms with Gasteiger partial charge in [-0.1, -0.05) is 24.3 Å². The van der Waals surface area contributed by atoms with Crippen molar-refractivity contribution in [3.8, 4) is 0 Å². The lowest BCUT2D eigenvalue weighted by atomic mass is 10.00. The highest BCUT2D eigenvalue weighted by Gasteiger charge is 2.18. The molecule has 0 bridgehead atoms. The quantitative estimate of drug-likeness (QED) is 0.936. The summed E-state index contributed by atoms with van der Waals surface area (Å²) >= 11 is 2.04. The van der Waals surface area contributed by atoms with Gasteiger partial charge in [0.05, 0.1) is 5.69 Å². The Morgan fingerprint density at radius 3 is 3.00 bits per heavy atom. The number of hydrogen-bond acceptors (Lipinski definition) is 3. The standard InChI is InChI=1S/C17H23N3S/c1-13(2)20-9-7-15(19-20)11-18-17-12-21-10-8-14-5-3-4-6-16(14)17/h3-7,9,13,17-18H,8,10-12H2,1-2H3. The molecule has 0 spiro atoms. The molecule has 112 valence electrons. The summed E-state index contributed by atoms with van der Waals surface area (Å²) in [6, 6.07) is 11.8. The van der Waals surface area contributed by atoms with Crippen molar-refractivity contribution in [2.24, 2.45) is 0 Å². The van der Waals surface area contributed by atoms with E-state index >= 15 is 0 Å². The van der Waals surface area contributed by atoms with Gasteiger partial charge in [-0.15, -0.1) is 0 Å². The van der Waals surface area contributed by atoms with Crippen LogP contribution in [0.1, 0.15) is 42.8 Å². The molecular formula is C17H23N3S. The Bertz CT molecular complexity index is 591. The molecular weight excluding hydrogens is 278 g/mol. The van der Waals surface area contributed by atoms with Gasteiger partial charge < -0.3 is 5.32 Å². The number of fused-ring (bicyclic) bond motifs is 1. The second-order valence-corrected chi connectivity index (χ2v) is 6.99. The van der Waals surface area contributed by atoms with Gasteiger partial charge >= 0.3 is 0 Å². The van der Waals surface area contributed by atoms with E-state index in [1.165, 1.54) is 23.3 Å². The maximum absolute atomic E-state index is 4.62. The second-order valence-electron chi connectivity index (χ2n) is 5.84. The molecule has 1 atom stereocenters. The number of benzene rings is 1. The van der Waals surface area contributed by atoms with Gasteiger partial charge in [0.1, 0.15) is 0 Å². The summed E-state index contributed by atoms with van der Waals surface area (Å²) in [5.74, 6) is 2.36. The third-order valence-electron chi connectivity index (χ3n) is 3.95. The van der Waals surface area contributed by atoms with Gasteiger partial charge in [0, 0.05) is 30.6 Å². The molecule has 21 heavy (non-hydrogen) atoms. The van der Waals surface area contributed by atoms with Crippen LogP contribution in [-0.2, 0) is 13.0 Å². The second kappa shape index (κ2) is 6.67. The molecule has 0 radical (unpaired) electrons. The van der Waals surface area contributed by atoms with E-state index in [-0.39, 0.29) is 0 Å². The highest BCUT2D eigenvalue weighted by atomic mass is 32.2. The van der Waals surface area contributed by atoms with Crippen molar-refractivity contribution in [2.45, 2.75) is 38.9 Å². The highest BCUT2D eigenvalue weighted by molar-refractivity contribution is 7.99. The Kier molecular flexibility index (Phi) is 4.66. The first-order valence-electron chi connectivity index (χ1n) is 7.67. The average molecular weight is 301 g/mol. The molecule has 1 aromatic heterocycles. The van der Waals surface area contributed by atoms with E-state index in [4.69, 9.17) is 0 Å². The maximum atomic E-state index is 4.62. The molecule has 1 aliphatic heterocycles. The number of rotatable bonds is 4. The van der Waals surface area contributed by atoms with Crippen LogP contribution in [0, 0.1) is 0 Å². The summed E-state index contributed by atoms with van der Waals surface area (Å²) < 4.78 is 2.02. The number of aryl methyl sites for hydroxylation is 1. The zero-order valence-corrected chi connectivity index (χ0v) is 13.6. The van der Waals surface area contributed by atoms with Crippen LogP contribution in [0.25, 0.3) is 0 Å². The topological polar surface area (TPSA) is 29.9 Å². The predicted octanol–water partition coefficient (Wildman–Crippen LogP) is 3.58. The lowest BCUT2D eigenvalue weighted by Crippen LogP contribution is -2.23. The van der Waals surface area contributed by atoms with Crippen LogP contribution in [0.4, 0.5) is 0 Å². The van der Waals surface area contributed by atoms with Gasteiger partial charge in [-0.2, -0.15) is 16.9 Å². The third-order valence-corrected chi connectivity index (χ3v) is 5.01. The maximum Gasteiger partial charge on any atom is 0.0762 e. The summed E-state index contributed by atoms with van der Waals surface area (Å²) in [4.78, 5) is 0. The first kappa shape index (κ1) is 14.7. The Morgan fingerprint density at radius 1 is 1.33 bits per heavy atom. The van der Waals surface area contributed by atoms with Gasteiger partial charge in [0.15, 0.2) is 0 Å². The monoisotopic (exact) mass is 301 g/mol. The van der Waals surface area contributed by atoms with Crippen molar-refractivity contribution in [1.29, 1.82) is 0 Å². The Hall–Kier alpha value is -1.26. The molecule has 1 aliphatic rings. The number of nitrogens with one attached hydrogen (secondary N) is 1. The van der Waals surface area contributed by atoms with E-state index < -0.39 is 0 Å². The van der Waals surface area contributed by atoms with Crippen molar-refractivity contribution < 1.29 is 0 Å². The average Bonchev–Trinajstić information content (AvgIpc) is 2.87. The first-order chi connectivity index (χ1) is 10.2. The minimum absolute atomic E-state index is 0.424. The van der Waals surface area contributed by atoms with E-state index in [0.717, 1.165) is 18.0 Å². The van der Waals surface area contributed by atoms with Gasteiger partial charge in [-0.05, 0) is 43.2 Å². The van der Waals surface area contributed by atoms with Crippen LogP contribution < -0.4 is 5.32 Å². The van der Waals surface area contributed by atoms with Crippen LogP contribution in [0.15, 0.2) is 36.5 Å². The molecule has 3 nitrogen and oxygen atoms in total. The summed E-state index contributed by atoms with van der Waals surface area (Å²) in [7, 11) is 0. The fourth-order valence-corrected chi connectivity index (χ4v) is 3.79. The minimum Gasteiger partial charge on any atom is -0.303 e. The number of thioether (sulfide) groups is 1. The van der Waals surface area contributed by atoms with Gasteiger partial charge in [0.25, 0.3) is 0 Å². The summed E-state index contributed by atoms with van der Waals surface area (Å²) in [5, 5.41) is 8.31. The predicted molar refractivity (Wildman–Crippen MR) is 89.7 cm³/mol. The lowest BCUT2D eigenvalue weighted by Gasteiger charge is -2.18. The van der Waals surface area contributed by atoms with Crippen molar-refractivity contribution in [3.05, 3.63) is 53.3 Å². The first-order valence-corrected chi connectivity index (χ1v) is 8.82. The molecule has 0 aliphatic carbocycles. The zero-order chi connectivity index (χ0) is 14.7. The molecule has 0 amide bonds. The smallest absolute Gasteiger partial charge is 0.0762 e. The Morgan fingerprint density at radius 2 is 2.19 bits per heavy atom. The van der Waals surface area contributed by atoms with E-state index in [9.17, 15) is 0 Å². The molecule has 2 heterocycles. The van der Waals surface area contributed by atoms with Gasteiger partial charge in [-0.25, -0.2) is 0 Å². The van der Waals surface area contributed by atoms with E-state index in [1.54, 1.807) is 0 Å². The molecule has 1 unspecified atom stereocenters. The van der Waals surface area contributed by atoms with Crippen molar-refractivity contribution in [1.82, 2.24) is 15.1 Å². The van der Waals surface area contributed by atoms with Gasteiger partial charge in [0.2, 0.25) is 0 Å². The highest BCUT2D eigenvalue weighted by Crippen LogP contribution is 2.27. The largest absolute Gasteiger partial charge is 0.303 e. The molecule has 1 N–H and O–H groups in total. The van der Waals surface area contributed by atoms with Crippen LogP contribution in [0.5, 0.6) is 0 Å². The normalized spacial score (nSPS) is 18.5. The van der Waals surface area contributed by atoms with Crippen LogP contribution in [-0.4, -0.2) is 21.3 Å². The Labute approximate surface area is 131 Å². The van der Waals surface area contributed by atoms with Crippen LogP contribution >= 0.6 is 11.8 Å². The fraction of sp³-hybridized carbons (Fsp3) is 0.471. The molecule has 3 rings (SSSR count). The molecule has 4 heteroatoms. The van der Waals surface area contributed by atoms with E-state index in [2.05, 4.69) is 60.8 Å². The SMILES string of the molecule is CC(C)n1ccc(CNC2CSCCc3ccccc32)n1. The van der Waals surface area contributed by atoms with E-state index in [1.807, 2.05) is 16.4 Å². The zero-order valence-electron chi connectivity index (χ0n) is 12.7. The number of aromatic nitrogens is 2. The lowest BCUT2D eigenvalue weighted by molar-refractivity contribution is 0.513. The summed E-state index contributed by atoms with van der Waals surface area (Å²) in [5.41, 5.74) is 4.08. The molecule has 1 aromatic carbocycles. The Balaban J connectivity index is 1.69. The molecule has 0 fully saturated rings. The molecule has 0 saturated carbocycles. The number of hydrogen-bond donors (Lipinski definition) is 1. The van der Waals surface area contributed by atoms with E-state index in [0.29, 0.717) is 12.1 Å². The number of nitrogens with zero attached hydrogens (tertiary/aromatic N) is 2. The van der Waals surface area contributed by atoms with Crippen LogP contribution in [0.3, 0.4) is 0 Å². The fourth-order valence-electron chi connectivity index (χ4n) is 2.73. The minimum atomic E-state index is 0.424. The van der Waals surface area contributed by atoms with Crippen LogP contribution in [0.2, 0.25) is 0 Å². The summed E-state index contributed by atoms with van der Waals surface area (Å²) in [6.07, 6.45) is 3.25. The summed E-state index contributed by atoms with van der Waals surface area (Å²) in [6.45, 7) is 5.14. The van der Waals surface area contributed by atoms with Crippen molar-refractivity contribution >= 4 is 11.8 Å². The molecule has 0 saturated heterocycles. The third kappa shape index (κ3) is 3.50. The molecule has 2 aromatic rings.